The van der Waals surface area contributed by atoms with Crippen LogP contribution in [0.1, 0.15) is 32.6 Å². The van der Waals surface area contributed by atoms with Crippen molar-refractivity contribution in [1.82, 2.24) is 5.32 Å². The fourth-order valence-corrected chi connectivity index (χ4v) is 8.38. The molecular weight excluding hydrogens is 397 g/mol. The van der Waals surface area contributed by atoms with Crippen LogP contribution in [0, 0.1) is 0 Å². The monoisotopic (exact) mass is 430 g/mol. The van der Waals surface area contributed by atoms with Crippen LogP contribution in [-0.2, 0) is 4.79 Å². The highest BCUT2D eigenvalue weighted by Crippen LogP contribution is 2.55. The molecule has 160 valence electrons. The summed E-state index contributed by atoms with van der Waals surface area (Å²) in [7, 11) is -1.73. The van der Waals surface area contributed by atoms with Gasteiger partial charge < -0.3 is 5.32 Å². The van der Waals surface area contributed by atoms with Crippen LogP contribution in [0.4, 0.5) is 0 Å². The van der Waals surface area contributed by atoms with Crippen LogP contribution in [0.5, 0.6) is 0 Å². The second-order valence-corrected chi connectivity index (χ2v) is 11.5. The van der Waals surface area contributed by atoms with Gasteiger partial charge in [0.25, 0.3) is 0 Å². The average Bonchev–Trinajstić information content (AvgIpc) is 2.83. The van der Waals surface area contributed by atoms with Gasteiger partial charge in [-0.15, -0.1) is 0 Å². The van der Waals surface area contributed by atoms with Crippen LogP contribution in [-0.4, -0.2) is 18.6 Å². The standard InChI is InChI=1S/C28H32NOP/c1-25(29-24-30)16-8-3-2-4-15-23-31(26-17-9-5-10-18-26,27-19-11-6-12-20-27)28-21-13-7-14-22-28/h2,4-7,9-14,17-22,24-25H,3,8,15-16,23H2,1H3/p+1/b4-2-. The van der Waals surface area contributed by atoms with Crippen molar-refractivity contribution in [2.24, 2.45) is 0 Å². The molecule has 1 amide bonds. The summed E-state index contributed by atoms with van der Waals surface area (Å²) >= 11 is 0. The third-order valence-corrected chi connectivity index (χ3v) is 10.2. The van der Waals surface area contributed by atoms with Crippen LogP contribution in [0.15, 0.2) is 103 Å². The number of amides is 1. The topological polar surface area (TPSA) is 29.1 Å². The summed E-state index contributed by atoms with van der Waals surface area (Å²) < 4.78 is 0. The molecule has 3 rings (SSSR count). The Labute approximate surface area is 187 Å². The Kier molecular flexibility index (Phi) is 9.06. The van der Waals surface area contributed by atoms with Gasteiger partial charge >= 0.3 is 0 Å². The molecule has 0 radical (unpaired) electrons. The molecule has 1 atom stereocenters. The second-order valence-electron chi connectivity index (χ2n) is 7.92. The molecule has 0 fully saturated rings. The molecule has 3 heteroatoms. The number of carbonyl (C=O) groups excluding carboxylic acids is 1. The van der Waals surface area contributed by atoms with Crippen molar-refractivity contribution in [3.63, 3.8) is 0 Å². The molecule has 31 heavy (non-hydrogen) atoms. The van der Waals surface area contributed by atoms with Crippen molar-refractivity contribution in [3.8, 4) is 0 Å². The summed E-state index contributed by atoms with van der Waals surface area (Å²) in [5.74, 6) is 0. The van der Waals surface area contributed by atoms with E-state index in [0.717, 1.165) is 38.3 Å². The Balaban J connectivity index is 1.82. The zero-order chi connectivity index (χ0) is 21.8. The van der Waals surface area contributed by atoms with E-state index in [2.05, 4.69) is 115 Å². The molecule has 0 aliphatic heterocycles. The molecule has 0 aliphatic carbocycles. The molecule has 0 bridgehead atoms. The normalized spacial score (nSPS) is 12.5. The first-order valence-electron chi connectivity index (χ1n) is 11.2. The van der Waals surface area contributed by atoms with Crippen molar-refractivity contribution in [3.05, 3.63) is 103 Å². The van der Waals surface area contributed by atoms with E-state index in [4.69, 9.17) is 0 Å². The highest BCUT2D eigenvalue weighted by Gasteiger charge is 2.44. The Morgan fingerprint density at radius 3 is 1.65 bits per heavy atom. The zero-order valence-corrected chi connectivity index (χ0v) is 19.3. The Morgan fingerprint density at radius 1 is 0.742 bits per heavy atom. The van der Waals surface area contributed by atoms with Gasteiger partial charge in [0.2, 0.25) is 6.41 Å². The van der Waals surface area contributed by atoms with Gasteiger partial charge in [-0.1, -0.05) is 66.7 Å². The fraction of sp³-hybridized carbons (Fsp3) is 0.250. The number of benzene rings is 3. The number of hydrogen-bond donors (Lipinski definition) is 1. The van der Waals surface area contributed by atoms with E-state index < -0.39 is 7.26 Å². The molecule has 0 heterocycles. The highest BCUT2D eigenvalue weighted by atomic mass is 31.2. The maximum Gasteiger partial charge on any atom is 0.207 e. The number of rotatable bonds is 12. The van der Waals surface area contributed by atoms with Crippen molar-refractivity contribution in [2.75, 3.05) is 6.16 Å². The number of allylic oxidation sites excluding steroid dienone is 2. The van der Waals surface area contributed by atoms with Gasteiger partial charge in [-0.3, -0.25) is 4.79 Å². The Bertz CT molecular complexity index is 828. The minimum Gasteiger partial charge on any atom is -0.356 e. The first-order chi connectivity index (χ1) is 15.3. The van der Waals surface area contributed by atoms with Crippen LogP contribution < -0.4 is 21.2 Å². The summed E-state index contributed by atoms with van der Waals surface area (Å²) in [6.07, 6.45) is 10.8. The SMILES string of the molecule is CC(CCC/C=C\CC[P+](c1ccccc1)(c1ccccc1)c1ccccc1)NC=O. The molecule has 0 aromatic heterocycles. The minimum absolute atomic E-state index is 0.249. The number of unbranched alkanes of at least 4 members (excludes halogenated alkanes) is 1. The lowest BCUT2D eigenvalue weighted by Crippen LogP contribution is -2.33. The van der Waals surface area contributed by atoms with Gasteiger partial charge in [-0.2, -0.15) is 0 Å². The number of carbonyl (C=O) groups is 1. The summed E-state index contributed by atoms with van der Waals surface area (Å²) in [5, 5.41) is 7.14. The lowest BCUT2D eigenvalue weighted by atomic mass is 10.1. The van der Waals surface area contributed by atoms with Crippen LogP contribution in [0.3, 0.4) is 0 Å². The van der Waals surface area contributed by atoms with Crippen molar-refractivity contribution < 1.29 is 4.79 Å². The largest absolute Gasteiger partial charge is 0.356 e. The van der Waals surface area contributed by atoms with E-state index >= 15 is 0 Å². The molecule has 2 nitrogen and oxygen atoms in total. The van der Waals surface area contributed by atoms with Crippen LogP contribution in [0.25, 0.3) is 0 Å². The smallest absolute Gasteiger partial charge is 0.207 e. The van der Waals surface area contributed by atoms with E-state index in [9.17, 15) is 4.79 Å². The van der Waals surface area contributed by atoms with E-state index in [0.29, 0.717) is 0 Å². The van der Waals surface area contributed by atoms with E-state index in [1.807, 2.05) is 0 Å². The molecular formula is C28H33NOP+. The van der Waals surface area contributed by atoms with Gasteiger partial charge in [-0.25, -0.2) is 0 Å². The van der Waals surface area contributed by atoms with Gasteiger partial charge in [0.1, 0.15) is 23.2 Å². The maximum atomic E-state index is 10.5. The van der Waals surface area contributed by atoms with Crippen molar-refractivity contribution in [1.29, 1.82) is 0 Å². The fourth-order valence-electron chi connectivity index (χ4n) is 4.13. The van der Waals surface area contributed by atoms with Gasteiger partial charge in [0.05, 0.1) is 6.16 Å². The van der Waals surface area contributed by atoms with Crippen molar-refractivity contribution >= 4 is 29.6 Å². The summed E-state index contributed by atoms with van der Waals surface area (Å²) in [4.78, 5) is 10.5. The molecule has 1 N–H and O–H groups in total. The van der Waals surface area contributed by atoms with Crippen molar-refractivity contribution in [2.45, 2.75) is 38.6 Å². The molecule has 1 unspecified atom stereocenters. The molecule has 3 aromatic carbocycles. The van der Waals surface area contributed by atoms with Gasteiger partial charge in [0, 0.05) is 12.5 Å². The predicted molar refractivity (Wildman–Crippen MR) is 136 cm³/mol. The zero-order valence-electron chi connectivity index (χ0n) is 18.4. The lowest BCUT2D eigenvalue weighted by Gasteiger charge is -2.27. The summed E-state index contributed by atoms with van der Waals surface area (Å²) in [5.41, 5.74) is 0. The molecule has 0 saturated heterocycles. The third-order valence-electron chi connectivity index (χ3n) is 5.75. The molecule has 0 saturated carbocycles. The summed E-state index contributed by atoms with van der Waals surface area (Å²) in [6.45, 7) is 2.05. The van der Waals surface area contributed by atoms with Crippen LogP contribution >= 0.6 is 7.26 Å². The Morgan fingerprint density at radius 2 is 1.19 bits per heavy atom. The lowest BCUT2D eigenvalue weighted by molar-refractivity contribution is -0.110. The average molecular weight is 431 g/mol. The second kappa shape index (κ2) is 12.2. The number of hydrogen-bond acceptors (Lipinski definition) is 1. The minimum atomic E-state index is -1.73. The predicted octanol–water partition coefficient (Wildman–Crippen LogP) is 5.23. The van der Waals surface area contributed by atoms with E-state index in [-0.39, 0.29) is 6.04 Å². The van der Waals surface area contributed by atoms with Gasteiger partial charge in [-0.05, 0) is 62.6 Å². The van der Waals surface area contributed by atoms with E-state index in [1.54, 1.807) is 0 Å². The first-order valence-corrected chi connectivity index (χ1v) is 13.1. The maximum absolute atomic E-state index is 10.5. The molecule has 0 spiro atoms. The molecule has 3 aromatic rings. The Hall–Kier alpha value is -2.70. The van der Waals surface area contributed by atoms with Crippen LogP contribution in [0.2, 0.25) is 0 Å². The highest BCUT2D eigenvalue weighted by molar-refractivity contribution is 7.95. The van der Waals surface area contributed by atoms with E-state index in [1.165, 1.54) is 15.9 Å². The quantitative estimate of drug-likeness (QED) is 0.181. The molecule has 0 aliphatic rings. The van der Waals surface area contributed by atoms with Gasteiger partial charge in [0.15, 0.2) is 0 Å². The first kappa shape index (κ1) is 23.0. The summed E-state index contributed by atoms with van der Waals surface area (Å²) in [6, 6.07) is 33.4. The number of nitrogens with one attached hydrogen (secondary N) is 1. The third kappa shape index (κ3) is 6.15.